The molecule has 0 radical (unpaired) electrons. The van der Waals surface area contributed by atoms with Gasteiger partial charge in [-0.05, 0) is 26.7 Å². The summed E-state index contributed by atoms with van der Waals surface area (Å²) in [5, 5.41) is 0. The largest absolute Gasteiger partial charge is 0.375 e. The molecule has 11 heavy (non-hydrogen) atoms. The van der Waals surface area contributed by atoms with Crippen molar-refractivity contribution < 1.29 is 4.74 Å². The summed E-state index contributed by atoms with van der Waals surface area (Å²) < 4.78 is 5.67. The number of ether oxygens (including phenoxy) is 1. The molecule has 5 unspecified atom stereocenters. The molecule has 66 valence electrons. The summed E-state index contributed by atoms with van der Waals surface area (Å²) in [6.07, 6.45) is 0.709. The highest BCUT2D eigenvalue weighted by Gasteiger charge is 2.38. The van der Waals surface area contributed by atoms with Gasteiger partial charge >= 0.3 is 0 Å². The minimum Gasteiger partial charge on any atom is -0.375 e. The van der Waals surface area contributed by atoms with Crippen LogP contribution in [0.2, 0.25) is 0 Å². The third-order valence-electron chi connectivity index (χ3n) is 2.93. The molecule has 0 aromatic heterocycles. The van der Waals surface area contributed by atoms with Gasteiger partial charge in [0.1, 0.15) is 0 Å². The predicted octanol–water partition coefficient (Wildman–Crippen LogP) is 1.39. The van der Waals surface area contributed by atoms with Crippen LogP contribution in [0.5, 0.6) is 0 Å². The van der Waals surface area contributed by atoms with Crippen LogP contribution in [0.25, 0.3) is 0 Å². The molecule has 0 aliphatic carbocycles. The van der Waals surface area contributed by atoms with Crippen LogP contribution < -0.4 is 5.73 Å². The van der Waals surface area contributed by atoms with E-state index in [1.807, 2.05) is 0 Å². The maximum absolute atomic E-state index is 5.86. The molecule has 0 aromatic carbocycles. The molecule has 1 fully saturated rings. The first kappa shape index (κ1) is 9.01. The highest BCUT2D eigenvalue weighted by Crippen LogP contribution is 2.33. The molecule has 0 bridgehead atoms. The van der Waals surface area contributed by atoms with Crippen molar-refractivity contribution in [3.8, 4) is 0 Å². The lowest BCUT2D eigenvalue weighted by Crippen LogP contribution is -2.34. The third kappa shape index (κ3) is 1.57. The second-order valence-electron chi connectivity index (χ2n) is 3.84. The first-order chi connectivity index (χ1) is 5.04. The lowest BCUT2D eigenvalue weighted by atomic mass is 9.85. The Morgan fingerprint density at radius 3 is 1.91 bits per heavy atom. The van der Waals surface area contributed by atoms with E-state index in [1.54, 1.807) is 0 Å². The van der Waals surface area contributed by atoms with E-state index in [1.165, 1.54) is 0 Å². The van der Waals surface area contributed by atoms with Crippen LogP contribution in [0.1, 0.15) is 27.7 Å². The van der Waals surface area contributed by atoms with Crippen molar-refractivity contribution >= 4 is 0 Å². The fourth-order valence-electron chi connectivity index (χ4n) is 2.20. The Hall–Kier alpha value is -0.0800. The summed E-state index contributed by atoms with van der Waals surface area (Å²) in [7, 11) is 0. The highest BCUT2D eigenvalue weighted by atomic mass is 16.5. The Morgan fingerprint density at radius 1 is 1.18 bits per heavy atom. The molecule has 0 spiro atoms. The fourth-order valence-corrected chi connectivity index (χ4v) is 2.20. The molecule has 0 aromatic rings. The first-order valence-corrected chi connectivity index (χ1v) is 4.45. The quantitative estimate of drug-likeness (QED) is 0.624. The van der Waals surface area contributed by atoms with Gasteiger partial charge in [0.2, 0.25) is 0 Å². The summed E-state index contributed by atoms with van der Waals surface area (Å²) in [5.74, 6) is 1.13. The molecule has 1 aliphatic rings. The van der Waals surface area contributed by atoms with Crippen LogP contribution >= 0.6 is 0 Å². The molecule has 1 saturated heterocycles. The van der Waals surface area contributed by atoms with Crippen LogP contribution in [0, 0.1) is 11.8 Å². The lowest BCUT2D eigenvalue weighted by molar-refractivity contribution is 0.0495. The van der Waals surface area contributed by atoms with Gasteiger partial charge in [0, 0.05) is 12.0 Å². The minimum absolute atomic E-state index is 0.255. The molecular weight excluding hydrogens is 138 g/mol. The molecule has 2 nitrogen and oxygen atoms in total. The zero-order valence-corrected chi connectivity index (χ0v) is 7.87. The Kier molecular flexibility index (Phi) is 2.55. The summed E-state index contributed by atoms with van der Waals surface area (Å²) in [5.41, 5.74) is 5.86. The summed E-state index contributed by atoms with van der Waals surface area (Å²) in [4.78, 5) is 0. The van der Waals surface area contributed by atoms with E-state index < -0.39 is 0 Å². The standard InChI is InChI=1S/C9H19NO/c1-5-7(3)11-8(4)9(5)6(2)10/h5-9H,10H2,1-4H3. The molecule has 1 aliphatic heterocycles. The maximum Gasteiger partial charge on any atom is 0.0597 e. The highest BCUT2D eigenvalue weighted by molar-refractivity contribution is 4.88. The molecule has 1 rings (SSSR count). The van der Waals surface area contributed by atoms with Crippen molar-refractivity contribution in [2.75, 3.05) is 0 Å². The SMILES string of the molecule is CC(N)C1C(C)OC(C)C1C. The van der Waals surface area contributed by atoms with Gasteiger partial charge in [-0.3, -0.25) is 0 Å². The number of hydrogen-bond acceptors (Lipinski definition) is 2. The van der Waals surface area contributed by atoms with Crippen molar-refractivity contribution in [2.24, 2.45) is 17.6 Å². The summed E-state index contributed by atoms with van der Waals surface area (Å²) in [6.45, 7) is 8.54. The molecule has 5 atom stereocenters. The van der Waals surface area contributed by atoms with Crippen LogP contribution in [0.15, 0.2) is 0 Å². The van der Waals surface area contributed by atoms with Crippen molar-refractivity contribution in [3.63, 3.8) is 0 Å². The van der Waals surface area contributed by atoms with Crippen LogP contribution in [0.3, 0.4) is 0 Å². The fraction of sp³-hybridized carbons (Fsp3) is 1.00. The van der Waals surface area contributed by atoms with E-state index in [2.05, 4.69) is 27.7 Å². The first-order valence-electron chi connectivity index (χ1n) is 4.45. The molecule has 2 heteroatoms. The zero-order chi connectivity index (χ0) is 8.59. The number of nitrogens with two attached hydrogens (primary N) is 1. The minimum atomic E-state index is 0.255. The monoisotopic (exact) mass is 157 g/mol. The van der Waals surface area contributed by atoms with Gasteiger partial charge in [-0.1, -0.05) is 6.92 Å². The van der Waals surface area contributed by atoms with Gasteiger partial charge in [-0.15, -0.1) is 0 Å². The summed E-state index contributed by atoms with van der Waals surface area (Å²) in [6, 6.07) is 0.255. The van der Waals surface area contributed by atoms with Gasteiger partial charge < -0.3 is 10.5 Å². The molecule has 0 saturated carbocycles. The van der Waals surface area contributed by atoms with Crippen LogP contribution in [-0.4, -0.2) is 18.2 Å². The number of hydrogen-bond donors (Lipinski definition) is 1. The second kappa shape index (κ2) is 3.11. The smallest absolute Gasteiger partial charge is 0.0597 e. The van der Waals surface area contributed by atoms with Crippen LogP contribution in [-0.2, 0) is 4.74 Å². The Morgan fingerprint density at radius 2 is 1.73 bits per heavy atom. The van der Waals surface area contributed by atoms with E-state index in [-0.39, 0.29) is 6.04 Å². The summed E-state index contributed by atoms with van der Waals surface area (Å²) >= 11 is 0. The Balaban J connectivity index is 2.63. The van der Waals surface area contributed by atoms with E-state index >= 15 is 0 Å². The van der Waals surface area contributed by atoms with Gasteiger partial charge in [0.25, 0.3) is 0 Å². The van der Waals surface area contributed by atoms with E-state index in [0.29, 0.717) is 24.0 Å². The molecule has 0 amide bonds. The molecular formula is C9H19NO. The van der Waals surface area contributed by atoms with Crippen molar-refractivity contribution in [1.29, 1.82) is 0 Å². The number of rotatable bonds is 1. The third-order valence-corrected chi connectivity index (χ3v) is 2.93. The Labute approximate surface area is 69.1 Å². The van der Waals surface area contributed by atoms with Crippen LogP contribution in [0.4, 0.5) is 0 Å². The Bertz CT molecular complexity index is 136. The van der Waals surface area contributed by atoms with Gasteiger partial charge in [-0.2, -0.15) is 0 Å². The zero-order valence-electron chi connectivity index (χ0n) is 7.87. The van der Waals surface area contributed by atoms with Gasteiger partial charge in [-0.25, -0.2) is 0 Å². The normalized spacial score (nSPS) is 47.7. The predicted molar refractivity (Wildman–Crippen MR) is 46.3 cm³/mol. The van der Waals surface area contributed by atoms with E-state index in [0.717, 1.165) is 0 Å². The van der Waals surface area contributed by atoms with Crippen molar-refractivity contribution in [2.45, 2.75) is 45.9 Å². The topological polar surface area (TPSA) is 35.2 Å². The van der Waals surface area contributed by atoms with E-state index in [4.69, 9.17) is 10.5 Å². The van der Waals surface area contributed by atoms with Crippen molar-refractivity contribution in [3.05, 3.63) is 0 Å². The van der Waals surface area contributed by atoms with E-state index in [9.17, 15) is 0 Å². The maximum atomic E-state index is 5.86. The lowest BCUT2D eigenvalue weighted by Gasteiger charge is -2.21. The molecule has 1 heterocycles. The second-order valence-corrected chi connectivity index (χ2v) is 3.84. The average molecular weight is 157 g/mol. The molecule has 2 N–H and O–H groups in total. The van der Waals surface area contributed by atoms with Gasteiger partial charge in [0.05, 0.1) is 12.2 Å². The van der Waals surface area contributed by atoms with Gasteiger partial charge in [0.15, 0.2) is 0 Å². The average Bonchev–Trinajstić information content (AvgIpc) is 2.07. The van der Waals surface area contributed by atoms with Crippen molar-refractivity contribution in [1.82, 2.24) is 0 Å².